The van der Waals surface area contributed by atoms with Gasteiger partial charge in [0.25, 0.3) is 0 Å². The first kappa shape index (κ1) is 11.4. The molecule has 0 amide bonds. The second-order valence-electron chi connectivity index (χ2n) is 4.38. The minimum absolute atomic E-state index is 0.230. The molecule has 0 bridgehead atoms. The summed E-state index contributed by atoms with van der Waals surface area (Å²) < 4.78 is 0. The predicted octanol–water partition coefficient (Wildman–Crippen LogP) is 0.954. The molecular formula is C12H18N2O2. The molecule has 1 aromatic heterocycles. The lowest BCUT2D eigenvalue weighted by molar-refractivity contribution is 0.199. The van der Waals surface area contributed by atoms with Crippen molar-refractivity contribution in [3.05, 3.63) is 23.9 Å². The predicted molar refractivity (Wildman–Crippen MR) is 62.3 cm³/mol. The van der Waals surface area contributed by atoms with E-state index in [1.54, 1.807) is 13.1 Å². The second-order valence-corrected chi connectivity index (χ2v) is 4.38. The summed E-state index contributed by atoms with van der Waals surface area (Å²) in [4.78, 5) is 6.48. The molecule has 2 rings (SSSR count). The summed E-state index contributed by atoms with van der Waals surface area (Å²) in [6, 6.07) is 3.74. The molecule has 0 saturated carbocycles. The fourth-order valence-electron chi connectivity index (χ4n) is 2.17. The van der Waals surface area contributed by atoms with Crippen LogP contribution in [0.2, 0.25) is 0 Å². The fraction of sp³-hybridized carbons (Fsp3) is 0.583. The smallest absolute Gasteiger partial charge is 0.134 e. The Morgan fingerprint density at radius 2 is 2.44 bits per heavy atom. The number of hydrogen-bond donors (Lipinski definition) is 2. The Morgan fingerprint density at radius 1 is 1.62 bits per heavy atom. The lowest BCUT2D eigenvalue weighted by Crippen LogP contribution is -2.23. The molecule has 88 valence electrons. The molecule has 2 atom stereocenters. The van der Waals surface area contributed by atoms with E-state index in [4.69, 9.17) is 5.11 Å². The van der Waals surface area contributed by atoms with Crippen molar-refractivity contribution in [1.82, 2.24) is 4.98 Å². The SMILES string of the molecule is C[C@@H](O)c1cccnc1N1CCC(CO)C1. The zero-order valence-corrected chi connectivity index (χ0v) is 9.50. The normalized spacial score (nSPS) is 22.4. The lowest BCUT2D eigenvalue weighted by Gasteiger charge is -2.21. The third-order valence-corrected chi connectivity index (χ3v) is 3.11. The van der Waals surface area contributed by atoms with Gasteiger partial charge in [0.05, 0.1) is 6.10 Å². The summed E-state index contributed by atoms with van der Waals surface area (Å²) in [5.41, 5.74) is 0.862. The van der Waals surface area contributed by atoms with Gasteiger partial charge in [-0.05, 0) is 19.4 Å². The van der Waals surface area contributed by atoms with E-state index in [1.165, 1.54) is 0 Å². The van der Waals surface area contributed by atoms with Crippen molar-refractivity contribution in [2.45, 2.75) is 19.4 Å². The maximum absolute atomic E-state index is 9.67. The Morgan fingerprint density at radius 3 is 3.06 bits per heavy atom. The molecule has 1 saturated heterocycles. The lowest BCUT2D eigenvalue weighted by atomic mass is 10.1. The topological polar surface area (TPSA) is 56.6 Å². The molecule has 0 radical (unpaired) electrons. The van der Waals surface area contributed by atoms with Gasteiger partial charge < -0.3 is 15.1 Å². The van der Waals surface area contributed by atoms with Gasteiger partial charge in [0.1, 0.15) is 5.82 Å². The van der Waals surface area contributed by atoms with Gasteiger partial charge >= 0.3 is 0 Å². The van der Waals surface area contributed by atoms with Crippen molar-refractivity contribution < 1.29 is 10.2 Å². The number of hydrogen-bond acceptors (Lipinski definition) is 4. The monoisotopic (exact) mass is 222 g/mol. The fourth-order valence-corrected chi connectivity index (χ4v) is 2.17. The van der Waals surface area contributed by atoms with Gasteiger partial charge in [0.2, 0.25) is 0 Å². The Balaban J connectivity index is 2.20. The van der Waals surface area contributed by atoms with Crippen LogP contribution in [0.1, 0.15) is 25.0 Å². The third-order valence-electron chi connectivity index (χ3n) is 3.11. The number of anilines is 1. The van der Waals surface area contributed by atoms with Gasteiger partial charge in [-0.2, -0.15) is 0 Å². The average Bonchev–Trinajstić information content (AvgIpc) is 2.77. The van der Waals surface area contributed by atoms with Crippen molar-refractivity contribution in [2.75, 3.05) is 24.6 Å². The van der Waals surface area contributed by atoms with Crippen molar-refractivity contribution in [3.8, 4) is 0 Å². The number of rotatable bonds is 3. The number of aliphatic hydroxyl groups is 2. The van der Waals surface area contributed by atoms with E-state index in [0.717, 1.165) is 30.9 Å². The largest absolute Gasteiger partial charge is 0.396 e. The van der Waals surface area contributed by atoms with Crippen LogP contribution >= 0.6 is 0 Å². The molecule has 2 heterocycles. The number of aliphatic hydroxyl groups excluding tert-OH is 2. The molecule has 1 aromatic rings. The maximum atomic E-state index is 9.67. The molecule has 0 spiro atoms. The van der Waals surface area contributed by atoms with Gasteiger partial charge in [-0.25, -0.2) is 4.98 Å². The van der Waals surface area contributed by atoms with Crippen molar-refractivity contribution in [2.24, 2.45) is 5.92 Å². The zero-order chi connectivity index (χ0) is 11.5. The van der Waals surface area contributed by atoms with Crippen LogP contribution in [0.15, 0.2) is 18.3 Å². The summed E-state index contributed by atoms with van der Waals surface area (Å²) in [5, 5.41) is 18.8. The minimum Gasteiger partial charge on any atom is -0.396 e. The van der Waals surface area contributed by atoms with E-state index >= 15 is 0 Å². The molecule has 0 aromatic carbocycles. The van der Waals surface area contributed by atoms with Crippen LogP contribution in [0.25, 0.3) is 0 Å². The Hall–Kier alpha value is -1.13. The van der Waals surface area contributed by atoms with Crippen LogP contribution in [0.3, 0.4) is 0 Å². The zero-order valence-electron chi connectivity index (χ0n) is 9.50. The van der Waals surface area contributed by atoms with Gasteiger partial charge in [-0.3, -0.25) is 0 Å². The molecular weight excluding hydrogens is 204 g/mol. The Bertz CT molecular complexity index is 355. The Kier molecular flexibility index (Phi) is 3.41. The Labute approximate surface area is 95.5 Å². The van der Waals surface area contributed by atoms with Crippen molar-refractivity contribution in [1.29, 1.82) is 0 Å². The maximum Gasteiger partial charge on any atom is 0.134 e. The van der Waals surface area contributed by atoms with E-state index in [9.17, 15) is 5.11 Å². The molecule has 4 nitrogen and oxygen atoms in total. The first-order valence-electron chi connectivity index (χ1n) is 5.71. The standard InChI is InChI=1S/C12H18N2O2/c1-9(16)11-3-2-5-13-12(11)14-6-4-10(7-14)8-15/h2-3,5,9-10,15-16H,4,6-8H2,1H3/t9-,10?/m1/s1. The molecule has 16 heavy (non-hydrogen) atoms. The highest BCUT2D eigenvalue weighted by Gasteiger charge is 2.25. The van der Waals surface area contributed by atoms with E-state index in [2.05, 4.69) is 9.88 Å². The van der Waals surface area contributed by atoms with Gasteiger partial charge in [-0.1, -0.05) is 6.07 Å². The van der Waals surface area contributed by atoms with E-state index in [1.807, 2.05) is 12.1 Å². The van der Waals surface area contributed by atoms with Gasteiger partial charge in [0.15, 0.2) is 0 Å². The highest BCUT2D eigenvalue weighted by molar-refractivity contribution is 5.48. The van der Waals surface area contributed by atoms with Crippen molar-refractivity contribution >= 4 is 5.82 Å². The van der Waals surface area contributed by atoms with Crippen LogP contribution in [-0.2, 0) is 0 Å². The van der Waals surface area contributed by atoms with Crippen molar-refractivity contribution in [3.63, 3.8) is 0 Å². The van der Waals surface area contributed by atoms with Gasteiger partial charge in [-0.15, -0.1) is 0 Å². The first-order valence-corrected chi connectivity index (χ1v) is 5.71. The molecule has 4 heteroatoms. The summed E-state index contributed by atoms with van der Waals surface area (Å²) in [7, 11) is 0. The quantitative estimate of drug-likeness (QED) is 0.799. The van der Waals surface area contributed by atoms with Crippen LogP contribution < -0.4 is 4.90 Å². The average molecular weight is 222 g/mol. The second kappa shape index (κ2) is 4.80. The van der Waals surface area contributed by atoms with Crippen LogP contribution in [0, 0.1) is 5.92 Å². The van der Waals surface area contributed by atoms with Crippen LogP contribution in [0.5, 0.6) is 0 Å². The molecule has 0 aliphatic carbocycles. The minimum atomic E-state index is -0.503. The molecule has 1 unspecified atom stereocenters. The first-order chi connectivity index (χ1) is 7.72. The van der Waals surface area contributed by atoms with Gasteiger partial charge in [0, 0.05) is 37.4 Å². The molecule has 1 fully saturated rings. The number of nitrogens with zero attached hydrogens (tertiary/aromatic N) is 2. The summed E-state index contributed by atoms with van der Waals surface area (Å²) in [5.74, 6) is 1.19. The number of pyridine rings is 1. The highest BCUT2D eigenvalue weighted by atomic mass is 16.3. The molecule has 1 aliphatic rings. The molecule has 2 N–H and O–H groups in total. The number of aromatic nitrogens is 1. The van der Waals surface area contributed by atoms with E-state index < -0.39 is 6.10 Å². The van der Waals surface area contributed by atoms with Crippen LogP contribution in [-0.4, -0.2) is 34.9 Å². The summed E-state index contributed by atoms with van der Waals surface area (Å²) in [6.07, 6.45) is 2.23. The third kappa shape index (κ3) is 2.18. The molecule has 1 aliphatic heterocycles. The van der Waals surface area contributed by atoms with E-state index in [-0.39, 0.29) is 6.61 Å². The summed E-state index contributed by atoms with van der Waals surface area (Å²) in [6.45, 7) is 3.71. The van der Waals surface area contributed by atoms with Crippen LogP contribution in [0.4, 0.5) is 5.82 Å². The van der Waals surface area contributed by atoms with E-state index in [0.29, 0.717) is 5.92 Å². The summed E-state index contributed by atoms with van der Waals surface area (Å²) >= 11 is 0. The highest BCUT2D eigenvalue weighted by Crippen LogP contribution is 2.28.